The number of ether oxygens (including phenoxy) is 2. The molecule has 1 aliphatic rings. The van der Waals surface area contributed by atoms with Crippen molar-refractivity contribution in [1.82, 2.24) is 9.62 Å². The maximum absolute atomic E-state index is 12.9. The molecule has 176 valence electrons. The molecule has 11 nitrogen and oxygen atoms in total. The van der Waals surface area contributed by atoms with Gasteiger partial charge in [0, 0.05) is 31.8 Å². The summed E-state index contributed by atoms with van der Waals surface area (Å²) in [5.41, 5.74) is 0.889. The van der Waals surface area contributed by atoms with Gasteiger partial charge >= 0.3 is 6.03 Å². The van der Waals surface area contributed by atoms with Crippen molar-refractivity contribution in [3.05, 3.63) is 42.5 Å². The molecule has 1 saturated heterocycles. The Morgan fingerprint density at radius 1 is 1.03 bits per heavy atom. The van der Waals surface area contributed by atoms with Gasteiger partial charge in [-0.1, -0.05) is 0 Å². The minimum absolute atomic E-state index is 0.117. The van der Waals surface area contributed by atoms with Crippen LogP contribution < -0.4 is 24.4 Å². The summed E-state index contributed by atoms with van der Waals surface area (Å²) in [6.45, 7) is 1.61. The molecule has 0 radical (unpaired) electrons. The number of methoxy groups -OCH3 is 2. The van der Waals surface area contributed by atoms with E-state index >= 15 is 0 Å². The van der Waals surface area contributed by atoms with E-state index in [-0.39, 0.29) is 17.5 Å². The Morgan fingerprint density at radius 3 is 2.33 bits per heavy atom. The molecule has 12 heteroatoms. The van der Waals surface area contributed by atoms with Crippen LogP contribution in [0.3, 0.4) is 0 Å². The number of amides is 4. The number of sulfonamides is 1. The predicted molar refractivity (Wildman–Crippen MR) is 120 cm³/mol. The number of carbonyl (C=O) groups is 3. The Hall–Kier alpha value is -3.80. The van der Waals surface area contributed by atoms with E-state index in [0.717, 1.165) is 6.92 Å². The smallest absolute Gasteiger partial charge is 0.325 e. The van der Waals surface area contributed by atoms with Crippen LogP contribution in [-0.4, -0.2) is 65.0 Å². The normalized spacial score (nSPS) is 13.6. The molecule has 1 fully saturated rings. The summed E-state index contributed by atoms with van der Waals surface area (Å²) in [7, 11) is -0.937. The number of nitrogens with one attached hydrogen (secondary N) is 2. The van der Waals surface area contributed by atoms with E-state index in [1.54, 1.807) is 18.2 Å². The number of benzene rings is 2. The van der Waals surface area contributed by atoms with Crippen LogP contribution in [0.25, 0.3) is 0 Å². The van der Waals surface area contributed by atoms with E-state index < -0.39 is 21.8 Å². The predicted octanol–water partition coefficient (Wildman–Crippen LogP) is 1.41. The molecule has 1 heterocycles. The Labute approximate surface area is 191 Å². The van der Waals surface area contributed by atoms with Gasteiger partial charge < -0.3 is 19.7 Å². The van der Waals surface area contributed by atoms with Crippen molar-refractivity contribution in [3.63, 3.8) is 0 Å². The van der Waals surface area contributed by atoms with Crippen LogP contribution in [0.1, 0.15) is 6.92 Å². The van der Waals surface area contributed by atoms with Crippen LogP contribution in [0.5, 0.6) is 11.5 Å². The van der Waals surface area contributed by atoms with Gasteiger partial charge in [0.1, 0.15) is 18.0 Å². The zero-order chi connectivity index (χ0) is 24.2. The minimum atomic E-state index is -3.96. The lowest BCUT2D eigenvalue weighted by Gasteiger charge is -2.21. The van der Waals surface area contributed by atoms with Crippen LogP contribution in [0, 0.1) is 0 Å². The molecule has 0 atom stereocenters. The Morgan fingerprint density at radius 2 is 1.73 bits per heavy atom. The highest BCUT2D eigenvalue weighted by Crippen LogP contribution is 2.34. The molecule has 0 aliphatic carbocycles. The van der Waals surface area contributed by atoms with Crippen LogP contribution in [0.2, 0.25) is 0 Å². The van der Waals surface area contributed by atoms with Crippen molar-refractivity contribution in [1.29, 1.82) is 0 Å². The highest BCUT2D eigenvalue weighted by Gasteiger charge is 2.32. The second-order valence-corrected chi connectivity index (χ2v) is 8.81. The minimum Gasteiger partial charge on any atom is -0.497 e. The lowest BCUT2D eigenvalue weighted by Crippen LogP contribution is -2.37. The van der Waals surface area contributed by atoms with Gasteiger partial charge in [-0.25, -0.2) is 17.9 Å². The maximum atomic E-state index is 12.9. The molecule has 0 saturated carbocycles. The largest absolute Gasteiger partial charge is 0.497 e. The summed E-state index contributed by atoms with van der Waals surface area (Å²) in [5.74, 6) is -0.0768. The lowest BCUT2D eigenvalue weighted by atomic mass is 10.2. The van der Waals surface area contributed by atoms with E-state index in [0.29, 0.717) is 36.0 Å². The Balaban J connectivity index is 1.64. The van der Waals surface area contributed by atoms with Gasteiger partial charge in [0.05, 0.1) is 24.8 Å². The first kappa shape index (κ1) is 23.9. The Kier molecular flexibility index (Phi) is 7.07. The van der Waals surface area contributed by atoms with Crippen LogP contribution >= 0.6 is 0 Å². The highest BCUT2D eigenvalue weighted by atomic mass is 32.2. The van der Waals surface area contributed by atoms with E-state index in [1.165, 1.54) is 48.3 Å². The lowest BCUT2D eigenvalue weighted by molar-refractivity contribution is -0.117. The second-order valence-electron chi connectivity index (χ2n) is 7.13. The molecule has 4 amide bonds. The number of carbonyl (C=O) groups excluding carboxylic acids is 3. The first-order chi connectivity index (χ1) is 15.6. The summed E-state index contributed by atoms with van der Waals surface area (Å²) < 4.78 is 36.4. The first-order valence-electron chi connectivity index (χ1n) is 9.86. The number of anilines is 2. The van der Waals surface area contributed by atoms with Crippen LogP contribution in [-0.2, 0) is 19.6 Å². The van der Waals surface area contributed by atoms with Crippen LogP contribution in [0.15, 0.2) is 47.4 Å². The van der Waals surface area contributed by atoms with Crippen molar-refractivity contribution in [2.24, 2.45) is 0 Å². The van der Waals surface area contributed by atoms with E-state index in [1.807, 2.05) is 4.72 Å². The molecule has 2 aromatic rings. The molecule has 0 unspecified atom stereocenters. The molecule has 33 heavy (non-hydrogen) atoms. The fourth-order valence-corrected chi connectivity index (χ4v) is 4.29. The van der Waals surface area contributed by atoms with E-state index in [2.05, 4.69) is 5.32 Å². The molecular weight excluding hydrogens is 452 g/mol. The average Bonchev–Trinajstić information content (AvgIpc) is 3.12. The maximum Gasteiger partial charge on any atom is 0.325 e. The van der Waals surface area contributed by atoms with Gasteiger partial charge in [0.15, 0.2) is 0 Å². The zero-order valence-electron chi connectivity index (χ0n) is 18.3. The molecule has 1 aliphatic heterocycles. The SMILES string of the molecule is COc1ccc(OC)c(N2CCN(CC(=O)Nc3ccc(S(=O)(=O)NC(C)=O)cc3)C2=O)c1. The zero-order valence-corrected chi connectivity index (χ0v) is 19.1. The molecule has 3 rings (SSSR count). The van der Waals surface area contributed by atoms with Crippen LogP contribution in [0.4, 0.5) is 16.2 Å². The van der Waals surface area contributed by atoms with Gasteiger partial charge in [-0.2, -0.15) is 0 Å². The Bertz CT molecular complexity index is 1170. The number of rotatable bonds is 8. The highest BCUT2D eigenvalue weighted by molar-refractivity contribution is 7.90. The summed E-state index contributed by atoms with van der Waals surface area (Å²) in [5, 5.41) is 2.63. The first-order valence-corrected chi connectivity index (χ1v) is 11.3. The summed E-state index contributed by atoms with van der Waals surface area (Å²) in [6, 6.07) is 10.1. The summed E-state index contributed by atoms with van der Waals surface area (Å²) >= 11 is 0. The third-order valence-corrected chi connectivity index (χ3v) is 6.28. The molecule has 2 aromatic carbocycles. The summed E-state index contributed by atoms with van der Waals surface area (Å²) in [6.07, 6.45) is 0. The second kappa shape index (κ2) is 9.77. The molecule has 0 aromatic heterocycles. The number of urea groups is 1. The van der Waals surface area contributed by atoms with E-state index in [9.17, 15) is 22.8 Å². The van der Waals surface area contributed by atoms with Gasteiger partial charge in [-0.15, -0.1) is 0 Å². The van der Waals surface area contributed by atoms with Crippen molar-refractivity contribution in [2.75, 3.05) is 44.1 Å². The van der Waals surface area contributed by atoms with Gasteiger partial charge in [-0.3, -0.25) is 14.5 Å². The number of hydrogen-bond donors (Lipinski definition) is 2. The molecule has 0 spiro atoms. The van der Waals surface area contributed by atoms with Crippen molar-refractivity contribution in [2.45, 2.75) is 11.8 Å². The van der Waals surface area contributed by atoms with Crippen molar-refractivity contribution in [3.8, 4) is 11.5 Å². The third kappa shape index (κ3) is 5.52. The topological polar surface area (TPSA) is 134 Å². The standard InChI is InChI=1S/C21H24N4O7S/c1-14(26)23-33(29,30)17-7-4-15(5-8-17)22-20(27)13-24-10-11-25(21(24)28)18-12-16(31-2)6-9-19(18)32-3/h4-9,12H,10-11,13H2,1-3H3,(H,22,27)(H,23,26). The third-order valence-electron chi connectivity index (χ3n) is 4.83. The van der Waals surface area contributed by atoms with Gasteiger partial charge in [-0.05, 0) is 36.4 Å². The average molecular weight is 477 g/mol. The molecule has 0 bridgehead atoms. The monoisotopic (exact) mass is 476 g/mol. The van der Waals surface area contributed by atoms with Gasteiger partial charge in [0.25, 0.3) is 10.0 Å². The van der Waals surface area contributed by atoms with Crippen molar-refractivity contribution < 1.29 is 32.3 Å². The number of nitrogens with zero attached hydrogens (tertiary/aromatic N) is 2. The van der Waals surface area contributed by atoms with E-state index in [4.69, 9.17) is 9.47 Å². The quantitative estimate of drug-likeness (QED) is 0.588. The number of hydrogen-bond acceptors (Lipinski definition) is 7. The summed E-state index contributed by atoms with van der Waals surface area (Å²) in [4.78, 5) is 39.2. The van der Waals surface area contributed by atoms with Gasteiger partial charge in [0.2, 0.25) is 11.8 Å². The van der Waals surface area contributed by atoms with Crippen molar-refractivity contribution >= 4 is 39.2 Å². The molecular formula is C21H24N4O7S. The fraction of sp³-hybridized carbons (Fsp3) is 0.286. The fourth-order valence-electron chi connectivity index (χ4n) is 3.30. The molecule has 2 N–H and O–H groups in total.